The first-order chi connectivity index (χ1) is 8.22. The van der Waals surface area contributed by atoms with Gasteiger partial charge < -0.3 is 10.2 Å². The molecule has 0 amide bonds. The molecule has 17 heavy (non-hydrogen) atoms. The van der Waals surface area contributed by atoms with E-state index < -0.39 is 0 Å². The Morgan fingerprint density at radius 1 is 1.59 bits per heavy atom. The van der Waals surface area contributed by atoms with Crippen LogP contribution in [0.5, 0.6) is 0 Å². The highest BCUT2D eigenvalue weighted by atomic mass is 19.1. The molecule has 4 heteroatoms. The van der Waals surface area contributed by atoms with Gasteiger partial charge in [0.25, 0.3) is 0 Å². The third kappa shape index (κ3) is 3.82. The third-order valence-electron chi connectivity index (χ3n) is 2.42. The van der Waals surface area contributed by atoms with Crippen molar-refractivity contribution in [3.63, 3.8) is 0 Å². The molecule has 0 radical (unpaired) electrons. The molecule has 1 aromatic rings. The summed E-state index contributed by atoms with van der Waals surface area (Å²) < 4.78 is 13.2. The lowest BCUT2D eigenvalue weighted by atomic mass is 10.2. The van der Waals surface area contributed by atoms with Gasteiger partial charge in [-0.1, -0.05) is 13.0 Å². The molecule has 0 unspecified atom stereocenters. The van der Waals surface area contributed by atoms with Crippen LogP contribution in [0.1, 0.15) is 18.9 Å². The number of aromatic nitrogens is 1. The van der Waals surface area contributed by atoms with Crippen LogP contribution >= 0.6 is 0 Å². The molecule has 0 atom stereocenters. The fourth-order valence-electron chi connectivity index (χ4n) is 1.79. The van der Waals surface area contributed by atoms with Crippen molar-refractivity contribution in [2.24, 2.45) is 0 Å². The quantitative estimate of drug-likeness (QED) is 0.738. The van der Waals surface area contributed by atoms with Crippen molar-refractivity contribution in [2.45, 2.75) is 19.9 Å². The summed E-state index contributed by atoms with van der Waals surface area (Å²) >= 11 is 0. The Morgan fingerprint density at radius 2 is 2.35 bits per heavy atom. The minimum atomic E-state index is -0.297. The normalized spacial score (nSPS) is 10.3. The molecule has 1 N–H and O–H groups in total. The summed E-state index contributed by atoms with van der Waals surface area (Å²) in [5.74, 6) is 0.538. The minimum Gasteiger partial charge on any atom is -0.353 e. The fraction of sp³-hybridized carbons (Fsp3) is 0.462. The van der Waals surface area contributed by atoms with E-state index in [-0.39, 0.29) is 5.82 Å². The zero-order chi connectivity index (χ0) is 12.7. The molecule has 0 bridgehead atoms. The molecule has 3 nitrogen and oxygen atoms in total. The van der Waals surface area contributed by atoms with Crippen molar-refractivity contribution in [3.05, 3.63) is 36.3 Å². The lowest BCUT2D eigenvalue weighted by Gasteiger charge is -2.24. The number of halogens is 1. The van der Waals surface area contributed by atoms with E-state index in [1.165, 1.54) is 12.3 Å². The largest absolute Gasteiger partial charge is 0.353 e. The van der Waals surface area contributed by atoms with Gasteiger partial charge in [0.15, 0.2) is 0 Å². The van der Waals surface area contributed by atoms with Crippen molar-refractivity contribution < 1.29 is 4.39 Å². The van der Waals surface area contributed by atoms with Crippen LogP contribution in [-0.4, -0.2) is 25.1 Å². The Balaban J connectivity index is 3.02. The van der Waals surface area contributed by atoms with Crippen LogP contribution in [0.3, 0.4) is 0 Å². The Bertz CT molecular complexity index is 366. The van der Waals surface area contributed by atoms with Crippen LogP contribution in [0, 0.1) is 5.82 Å². The SMILES string of the molecule is C=CCN(CCC)c1ncc(F)cc1CNC. The maximum atomic E-state index is 13.2. The molecule has 1 heterocycles. The van der Waals surface area contributed by atoms with Gasteiger partial charge >= 0.3 is 0 Å². The van der Waals surface area contributed by atoms with Gasteiger partial charge in [-0.15, -0.1) is 6.58 Å². The lowest BCUT2D eigenvalue weighted by molar-refractivity contribution is 0.615. The van der Waals surface area contributed by atoms with Crippen LogP contribution in [0.2, 0.25) is 0 Å². The Labute approximate surface area is 102 Å². The highest BCUT2D eigenvalue weighted by molar-refractivity contribution is 5.47. The van der Waals surface area contributed by atoms with Crippen LogP contribution < -0.4 is 10.2 Å². The predicted molar refractivity (Wildman–Crippen MR) is 69.7 cm³/mol. The molecule has 0 aromatic carbocycles. The van der Waals surface area contributed by atoms with E-state index in [4.69, 9.17) is 0 Å². The second kappa shape index (κ2) is 7.01. The Hall–Kier alpha value is -1.42. The zero-order valence-corrected chi connectivity index (χ0v) is 10.5. The van der Waals surface area contributed by atoms with Gasteiger partial charge in [0.2, 0.25) is 0 Å². The summed E-state index contributed by atoms with van der Waals surface area (Å²) in [5, 5.41) is 3.03. The molecule has 1 rings (SSSR count). The van der Waals surface area contributed by atoms with E-state index in [0.717, 1.165) is 30.9 Å². The van der Waals surface area contributed by atoms with Gasteiger partial charge in [-0.2, -0.15) is 0 Å². The van der Waals surface area contributed by atoms with Gasteiger partial charge in [0.1, 0.15) is 11.6 Å². The zero-order valence-electron chi connectivity index (χ0n) is 10.5. The lowest BCUT2D eigenvalue weighted by Crippen LogP contribution is -2.27. The Kier molecular flexibility index (Phi) is 5.63. The van der Waals surface area contributed by atoms with Gasteiger partial charge in [-0.25, -0.2) is 9.37 Å². The second-order valence-corrected chi connectivity index (χ2v) is 3.90. The number of pyridine rings is 1. The molecule has 0 saturated carbocycles. The molecular formula is C13H20FN3. The molecule has 94 valence electrons. The molecule has 0 spiro atoms. The number of nitrogens with one attached hydrogen (secondary N) is 1. The average molecular weight is 237 g/mol. The monoisotopic (exact) mass is 237 g/mol. The molecule has 0 aliphatic heterocycles. The summed E-state index contributed by atoms with van der Waals surface area (Å²) in [6.45, 7) is 8.08. The number of hydrogen-bond acceptors (Lipinski definition) is 3. The van der Waals surface area contributed by atoms with E-state index in [1.54, 1.807) is 0 Å². The van der Waals surface area contributed by atoms with E-state index >= 15 is 0 Å². The standard InChI is InChI=1S/C13H20FN3/c1-4-6-17(7-5-2)13-11(9-15-3)8-12(14)10-16-13/h4,8,10,15H,1,5-7,9H2,2-3H3. The molecule has 0 fully saturated rings. The van der Waals surface area contributed by atoms with Gasteiger partial charge in [0, 0.05) is 25.2 Å². The summed E-state index contributed by atoms with van der Waals surface area (Å²) in [5.41, 5.74) is 0.878. The average Bonchev–Trinajstić information content (AvgIpc) is 2.30. The van der Waals surface area contributed by atoms with Gasteiger partial charge in [0.05, 0.1) is 6.20 Å². The molecule has 0 aliphatic rings. The maximum absolute atomic E-state index is 13.2. The molecule has 0 aliphatic carbocycles. The van der Waals surface area contributed by atoms with E-state index in [0.29, 0.717) is 6.54 Å². The number of nitrogens with zero attached hydrogens (tertiary/aromatic N) is 2. The summed E-state index contributed by atoms with van der Waals surface area (Å²) in [6.07, 6.45) is 4.12. The van der Waals surface area contributed by atoms with Crippen LogP contribution in [-0.2, 0) is 6.54 Å². The van der Waals surface area contributed by atoms with Crippen molar-refractivity contribution in [2.75, 3.05) is 25.0 Å². The fourth-order valence-corrected chi connectivity index (χ4v) is 1.79. The first kappa shape index (κ1) is 13.6. The van der Waals surface area contributed by atoms with E-state index in [2.05, 4.69) is 28.7 Å². The topological polar surface area (TPSA) is 28.2 Å². The van der Waals surface area contributed by atoms with Crippen molar-refractivity contribution in [1.82, 2.24) is 10.3 Å². The summed E-state index contributed by atoms with van der Waals surface area (Å²) in [7, 11) is 1.84. The van der Waals surface area contributed by atoms with Crippen LogP contribution in [0.4, 0.5) is 10.2 Å². The molecular weight excluding hydrogens is 217 g/mol. The number of anilines is 1. The second-order valence-electron chi connectivity index (χ2n) is 3.90. The predicted octanol–water partition coefficient (Wildman–Crippen LogP) is 2.34. The molecule has 1 aromatic heterocycles. The van der Waals surface area contributed by atoms with Crippen LogP contribution in [0.15, 0.2) is 24.9 Å². The number of hydrogen-bond donors (Lipinski definition) is 1. The maximum Gasteiger partial charge on any atom is 0.141 e. The van der Waals surface area contributed by atoms with Gasteiger partial charge in [-0.3, -0.25) is 0 Å². The van der Waals surface area contributed by atoms with E-state index in [9.17, 15) is 4.39 Å². The minimum absolute atomic E-state index is 0.297. The van der Waals surface area contributed by atoms with Gasteiger partial charge in [-0.05, 0) is 19.5 Å². The molecule has 0 saturated heterocycles. The van der Waals surface area contributed by atoms with E-state index in [1.807, 2.05) is 13.1 Å². The van der Waals surface area contributed by atoms with Crippen molar-refractivity contribution >= 4 is 5.82 Å². The highest BCUT2D eigenvalue weighted by Crippen LogP contribution is 2.18. The van der Waals surface area contributed by atoms with Crippen molar-refractivity contribution in [3.8, 4) is 0 Å². The Morgan fingerprint density at radius 3 is 2.94 bits per heavy atom. The first-order valence-electron chi connectivity index (χ1n) is 5.87. The number of rotatable bonds is 7. The summed E-state index contributed by atoms with van der Waals surface area (Å²) in [4.78, 5) is 6.31. The third-order valence-corrected chi connectivity index (χ3v) is 2.42. The summed E-state index contributed by atoms with van der Waals surface area (Å²) in [6, 6.07) is 1.53. The first-order valence-corrected chi connectivity index (χ1v) is 5.87. The smallest absolute Gasteiger partial charge is 0.141 e. The highest BCUT2D eigenvalue weighted by Gasteiger charge is 2.11. The van der Waals surface area contributed by atoms with Crippen LogP contribution in [0.25, 0.3) is 0 Å². The van der Waals surface area contributed by atoms with Crippen molar-refractivity contribution in [1.29, 1.82) is 0 Å².